The predicted octanol–water partition coefficient (Wildman–Crippen LogP) is 1.63. The van der Waals surface area contributed by atoms with Gasteiger partial charge in [0.15, 0.2) is 0 Å². The Kier molecular flexibility index (Phi) is 4.95. The highest BCUT2D eigenvalue weighted by Crippen LogP contribution is 2.37. The second kappa shape index (κ2) is 7.19. The van der Waals surface area contributed by atoms with E-state index < -0.39 is 35.7 Å². The van der Waals surface area contributed by atoms with Crippen LogP contribution in [0.25, 0.3) is 0 Å². The Balaban J connectivity index is 2.01. The molecule has 3 rings (SSSR count). The lowest BCUT2D eigenvalue weighted by atomic mass is 9.93. The zero-order valence-corrected chi connectivity index (χ0v) is 14.5. The van der Waals surface area contributed by atoms with Crippen molar-refractivity contribution in [1.29, 1.82) is 0 Å². The fourth-order valence-electron chi connectivity index (χ4n) is 3.43. The lowest BCUT2D eigenvalue weighted by Crippen LogP contribution is -2.42. The van der Waals surface area contributed by atoms with Crippen LogP contribution in [-0.2, 0) is 19.2 Å². The van der Waals surface area contributed by atoms with Gasteiger partial charge in [0.1, 0.15) is 5.83 Å². The van der Waals surface area contributed by atoms with Crippen molar-refractivity contribution >= 4 is 23.7 Å². The van der Waals surface area contributed by atoms with Gasteiger partial charge in [-0.25, -0.2) is 9.29 Å². The Hall–Kier alpha value is -3.21. The van der Waals surface area contributed by atoms with E-state index in [1.807, 2.05) is 0 Å². The van der Waals surface area contributed by atoms with Crippen LogP contribution in [0.5, 0.6) is 0 Å². The molecule has 1 saturated heterocycles. The summed E-state index contributed by atoms with van der Waals surface area (Å²) in [5.41, 5.74) is 0.608. The molecule has 1 aliphatic carbocycles. The molecule has 3 amide bonds. The number of carbonyl (C=O) groups excluding carboxylic acids is 3. The average molecular weight is 372 g/mol. The highest BCUT2D eigenvalue weighted by atomic mass is 19.1. The van der Waals surface area contributed by atoms with Crippen LogP contribution in [0.15, 0.2) is 34.4 Å². The molecule has 0 atom stereocenters. The quantitative estimate of drug-likeness (QED) is 0.450. The first-order valence-electron chi connectivity index (χ1n) is 8.50. The van der Waals surface area contributed by atoms with Gasteiger partial charge >= 0.3 is 5.97 Å². The first-order valence-corrected chi connectivity index (χ1v) is 8.50. The number of nitrogens with zero attached hydrogens (tertiary/aromatic N) is 2. The molecule has 27 heavy (non-hydrogen) atoms. The van der Waals surface area contributed by atoms with E-state index >= 15 is 0 Å². The number of aliphatic carboxylic acids is 1. The van der Waals surface area contributed by atoms with Gasteiger partial charge < -0.3 is 10.0 Å². The molecule has 2 heterocycles. The van der Waals surface area contributed by atoms with E-state index in [1.54, 1.807) is 0 Å². The standard InChI is InChI=1S/C19H17FN2O5/c1-2-7-21-11(9-16(21)23)8-15(14(20)10-17(24)25)22-18(26)12-5-3-4-6-13(12)19(22)27/h1,8H,3-7,9-10H2,(H,24,25). The number of terminal acetylenes is 1. The maximum Gasteiger partial charge on any atom is 0.310 e. The summed E-state index contributed by atoms with van der Waals surface area (Å²) in [4.78, 5) is 49.9. The molecule has 8 heteroatoms. The van der Waals surface area contributed by atoms with Gasteiger partial charge in [-0.15, -0.1) is 6.42 Å². The van der Waals surface area contributed by atoms with Crippen LogP contribution in [0.4, 0.5) is 4.39 Å². The molecule has 7 nitrogen and oxygen atoms in total. The second-order valence-corrected chi connectivity index (χ2v) is 6.47. The highest BCUT2D eigenvalue weighted by Gasteiger charge is 2.42. The largest absolute Gasteiger partial charge is 0.481 e. The van der Waals surface area contributed by atoms with E-state index in [-0.39, 0.29) is 18.9 Å². The molecule has 0 bridgehead atoms. The first kappa shape index (κ1) is 18.6. The lowest BCUT2D eigenvalue weighted by molar-refractivity contribution is -0.138. The number of carbonyl (C=O) groups is 4. The Morgan fingerprint density at radius 3 is 2.26 bits per heavy atom. The molecule has 0 aromatic heterocycles. The summed E-state index contributed by atoms with van der Waals surface area (Å²) < 4.78 is 14.7. The fourth-order valence-corrected chi connectivity index (χ4v) is 3.43. The van der Waals surface area contributed by atoms with Gasteiger partial charge in [0.05, 0.1) is 25.1 Å². The predicted molar refractivity (Wildman–Crippen MR) is 91.0 cm³/mol. The minimum Gasteiger partial charge on any atom is -0.481 e. The molecule has 0 unspecified atom stereocenters. The van der Waals surface area contributed by atoms with Crippen molar-refractivity contribution in [2.45, 2.75) is 38.5 Å². The number of allylic oxidation sites excluding steroid dienone is 1. The lowest BCUT2D eigenvalue weighted by Gasteiger charge is -2.33. The van der Waals surface area contributed by atoms with Gasteiger partial charge in [-0.3, -0.25) is 19.2 Å². The molecule has 0 saturated carbocycles. The summed E-state index contributed by atoms with van der Waals surface area (Å²) in [6, 6.07) is 0. The van der Waals surface area contributed by atoms with Gasteiger partial charge in [0.25, 0.3) is 11.8 Å². The number of hydrogen-bond acceptors (Lipinski definition) is 4. The van der Waals surface area contributed by atoms with Crippen molar-refractivity contribution in [2.75, 3.05) is 6.54 Å². The zero-order chi connectivity index (χ0) is 19.7. The van der Waals surface area contributed by atoms with Gasteiger partial charge in [-0.2, -0.15) is 0 Å². The molecular formula is C19H17FN2O5. The van der Waals surface area contributed by atoms with Gasteiger partial charge in [-0.1, -0.05) is 5.92 Å². The van der Waals surface area contributed by atoms with Crippen LogP contribution >= 0.6 is 0 Å². The number of imide groups is 1. The van der Waals surface area contributed by atoms with Crippen molar-refractivity contribution in [3.8, 4) is 12.3 Å². The normalized spacial score (nSPS) is 21.9. The van der Waals surface area contributed by atoms with Gasteiger partial charge in [0.2, 0.25) is 5.91 Å². The number of likely N-dealkylation sites (tertiary alicyclic amines) is 1. The molecule has 0 radical (unpaired) electrons. The number of halogens is 1. The Morgan fingerprint density at radius 2 is 1.78 bits per heavy atom. The third kappa shape index (κ3) is 3.28. The number of carboxylic acids is 1. The maximum atomic E-state index is 14.7. The maximum absolute atomic E-state index is 14.7. The monoisotopic (exact) mass is 372 g/mol. The van der Waals surface area contributed by atoms with E-state index in [9.17, 15) is 23.6 Å². The molecule has 3 aliphatic rings. The van der Waals surface area contributed by atoms with Crippen molar-refractivity contribution in [3.63, 3.8) is 0 Å². The molecule has 0 aromatic rings. The van der Waals surface area contributed by atoms with Crippen molar-refractivity contribution in [2.24, 2.45) is 0 Å². The van der Waals surface area contributed by atoms with Crippen LogP contribution < -0.4 is 0 Å². The molecule has 2 aliphatic heterocycles. The average Bonchev–Trinajstić information content (AvgIpc) is 2.87. The van der Waals surface area contributed by atoms with Gasteiger partial charge in [0, 0.05) is 16.8 Å². The molecule has 0 aromatic carbocycles. The van der Waals surface area contributed by atoms with Crippen LogP contribution in [0.3, 0.4) is 0 Å². The smallest absolute Gasteiger partial charge is 0.310 e. The Labute approximate surface area is 154 Å². The molecule has 0 spiro atoms. The number of carboxylic acid groups (broad SMARTS) is 1. The SMILES string of the molecule is C#CCN1C(=O)CC1=CC(=C(F)CC(=O)O)N1C(=O)C2=C(CCCC2)C1=O. The van der Waals surface area contributed by atoms with E-state index in [0.29, 0.717) is 34.6 Å². The minimum atomic E-state index is -1.44. The van der Waals surface area contributed by atoms with E-state index in [1.165, 1.54) is 11.0 Å². The number of hydrogen-bond donors (Lipinski definition) is 1. The summed E-state index contributed by atoms with van der Waals surface area (Å²) in [7, 11) is 0. The topological polar surface area (TPSA) is 95.0 Å². The third-order valence-corrected chi connectivity index (χ3v) is 4.75. The first-order chi connectivity index (χ1) is 12.8. The van der Waals surface area contributed by atoms with Crippen molar-refractivity contribution in [1.82, 2.24) is 9.80 Å². The fraction of sp³-hybridized carbons (Fsp3) is 0.368. The van der Waals surface area contributed by atoms with Crippen LogP contribution in [0, 0.1) is 12.3 Å². The number of amides is 3. The zero-order valence-electron chi connectivity index (χ0n) is 14.5. The molecule has 140 valence electrons. The molecule has 1 N–H and O–H groups in total. The Bertz CT molecular complexity index is 862. The minimum absolute atomic E-state index is 0.0326. The number of rotatable bonds is 5. The van der Waals surface area contributed by atoms with Crippen LogP contribution in [0.2, 0.25) is 0 Å². The van der Waals surface area contributed by atoms with Crippen molar-refractivity contribution in [3.05, 3.63) is 34.4 Å². The van der Waals surface area contributed by atoms with Gasteiger partial charge in [-0.05, 0) is 31.8 Å². The van der Waals surface area contributed by atoms with Crippen LogP contribution in [0.1, 0.15) is 38.5 Å². The van der Waals surface area contributed by atoms with Crippen molar-refractivity contribution < 1.29 is 28.7 Å². The molecular weight excluding hydrogens is 355 g/mol. The van der Waals surface area contributed by atoms with E-state index in [2.05, 4.69) is 5.92 Å². The summed E-state index contributed by atoms with van der Waals surface area (Å²) in [5, 5.41) is 8.91. The summed E-state index contributed by atoms with van der Waals surface area (Å²) in [6.07, 6.45) is 7.74. The summed E-state index contributed by atoms with van der Waals surface area (Å²) in [5.74, 6) is -1.80. The summed E-state index contributed by atoms with van der Waals surface area (Å²) >= 11 is 0. The molecule has 1 fully saturated rings. The second-order valence-electron chi connectivity index (χ2n) is 6.47. The van der Waals surface area contributed by atoms with E-state index in [4.69, 9.17) is 11.5 Å². The Morgan fingerprint density at radius 1 is 1.19 bits per heavy atom. The highest BCUT2D eigenvalue weighted by molar-refractivity contribution is 6.21. The number of β-lactam (4-membered cyclic amide) rings is 1. The summed E-state index contributed by atoms with van der Waals surface area (Å²) in [6.45, 7) is -0.0326. The van der Waals surface area contributed by atoms with E-state index in [0.717, 1.165) is 12.8 Å². The van der Waals surface area contributed by atoms with Crippen LogP contribution in [-0.4, -0.2) is 45.1 Å². The third-order valence-electron chi connectivity index (χ3n) is 4.75.